The first-order valence-corrected chi connectivity index (χ1v) is 8.56. The van der Waals surface area contributed by atoms with Gasteiger partial charge in [0.25, 0.3) is 0 Å². The first-order chi connectivity index (χ1) is 10.7. The van der Waals surface area contributed by atoms with E-state index in [2.05, 4.69) is 12.2 Å². The van der Waals surface area contributed by atoms with Gasteiger partial charge in [0, 0.05) is 11.4 Å². The van der Waals surface area contributed by atoms with Gasteiger partial charge in [0.05, 0.1) is 12.2 Å². The molecule has 2 rings (SSSR count). The zero-order valence-corrected chi connectivity index (χ0v) is 14.1. The Bertz CT molecular complexity index is 582. The van der Waals surface area contributed by atoms with Crippen molar-refractivity contribution in [1.82, 2.24) is 5.32 Å². The second-order valence-electron chi connectivity index (χ2n) is 4.98. The summed E-state index contributed by atoms with van der Waals surface area (Å²) in [5.74, 6) is 0.694. The molecule has 0 bridgehead atoms. The Morgan fingerprint density at radius 1 is 1.32 bits per heavy atom. The number of hydrogen-bond acceptors (Lipinski definition) is 5. The molecule has 0 spiro atoms. The Balaban J connectivity index is 2.36. The van der Waals surface area contributed by atoms with Gasteiger partial charge in [-0.1, -0.05) is 49.0 Å². The van der Waals surface area contributed by atoms with E-state index in [1.807, 2.05) is 44.2 Å². The molecular weight excluding hydrogens is 296 g/mol. The fourth-order valence-corrected chi connectivity index (χ4v) is 3.07. The molecule has 1 aromatic rings. The third-order valence-electron chi connectivity index (χ3n) is 3.27. The minimum Gasteiger partial charge on any atom is -0.463 e. The van der Waals surface area contributed by atoms with Gasteiger partial charge in [-0.25, -0.2) is 9.79 Å². The number of ether oxygens (including phenoxy) is 1. The van der Waals surface area contributed by atoms with E-state index in [-0.39, 0.29) is 12.0 Å². The van der Waals surface area contributed by atoms with Gasteiger partial charge in [-0.3, -0.25) is 0 Å². The summed E-state index contributed by atoms with van der Waals surface area (Å²) < 4.78 is 5.21. The fourth-order valence-electron chi connectivity index (χ4n) is 2.27. The van der Waals surface area contributed by atoms with E-state index in [1.165, 1.54) is 0 Å². The number of nitrogens with one attached hydrogen (secondary N) is 1. The summed E-state index contributed by atoms with van der Waals surface area (Å²) in [5.41, 5.74) is 2.41. The molecule has 1 atom stereocenters. The van der Waals surface area contributed by atoms with Gasteiger partial charge in [-0.05, 0) is 25.8 Å². The van der Waals surface area contributed by atoms with Crippen LogP contribution in [0.1, 0.15) is 38.8 Å². The molecule has 0 saturated heterocycles. The normalized spacial score (nSPS) is 17.8. The van der Waals surface area contributed by atoms with Gasteiger partial charge in [0.1, 0.15) is 6.04 Å². The molecule has 0 radical (unpaired) electrons. The zero-order valence-electron chi connectivity index (χ0n) is 13.3. The maximum Gasteiger partial charge on any atom is 0.338 e. The van der Waals surface area contributed by atoms with Crippen LogP contribution in [0, 0.1) is 0 Å². The highest BCUT2D eigenvalue weighted by molar-refractivity contribution is 8.13. The number of nitrogens with zero attached hydrogens (tertiary/aromatic N) is 1. The minimum atomic E-state index is -0.305. The van der Waals surface area contributed by atoms with Crippen molar-refractivity contribution < 1.29 is 9.53 Å². The van der Waals surface area contributed by atoms with E-state index in [0.717, 1.165) is 28.6 Å². The number of hydrogen-bond donors (Lipinski definition) is 1. The van der Waals surface area contributed by atoms with Crippen LogP contribution in [0.25, 0.3) is 0 Å². The Labute approximate surface area is 136 Å². The molecule has 0 aliphatic carbocycles. The maximum atomic E-state index is 12.3. The van der Waals surface area contributed by atoms with Gasteiger partial charge in [0.2, 0.25) is 0 Å². The van der Waals surface area contributed by atoms with Gasteiger partial charge in [-0.15, -0.1) is 0 Å². The Kier molecular flexibility index (Phi) is 6.07. The number of aliphatic imine (C=N–C) groups is 1. The molecule has 1 aromatic carbocycles. The van der Waals surface area contributed by atoms with Crippen LogP contribution < -0.4 is 5.32 Å². The van der Waals surface area contributed by atoms with Crippen molar-refractivity contribution in [3.8, 4) is 0 Å². The van der Waals surface area contributed by atoms with E-state index in [0.29, 0.717) is 12.2 Å². The fraction of sp³-hybridized carbons (Fsp3) is 0.412. The highest BCUT2D eigenvalue weighted by Gasteiger charge is 2.30. The highest BCUT2D eigenvalue weighted by atomic mass is 32.2. The van der Waals surface area contributed by atoms with Crippen molar-refractivity contribution in [2.75, 3.05) is 12.4 Å². The van der Waals surface area contributed by atoms with E-state index in [1.54, 1.807) is 11.8 Å². The Morgan fingerprint density at radius 2 is 2.05 bits per heavy atom. The molecule has 1 aliphatic rings. The average molecular weight is 318 g/mol. The average Bonchev–Trinajstić information content (AvgIpc) is 2.53. The number of allylic oxidation sites excluding steroid dienone is 1. The number of carbonyl (C=O) groups is 1. The molecule has 4 nitrogen and oxygen atoms in total. The van der Waals surface area contributed by atoms with Crippen LogP contribution in [-0.4, -0.2) is 23.5 Å². The molecular formula is C17H22N2O2S. The molecule has 0 amide bonds. The van der Waals surface area contributed by atoms with Crippen molar-refractivity contribution >= 4 is 22.9 Å². The quantitative estimate of drug-likeness (QED) is 0.842. The number of esters is 1. The van der Waals surface area contributed by atoms with Crippen LogP contribution in [0.5, 0.6) is 0 Å². The van der Waals surface area contributed by atoms with Crippen molar-refractivity contribution in [2.24, 2.45) is 4.99 Å². The molecule has 0 unspecified atom stereocenters. The lowest BCUT2D eigenvalue weighted by atomic mass is 9.97. The van der Waals surface area contributed by atoms with Crippen LogP contribution >= 0.6 is 11.8 Å². The largest absolute Gasteiger partial charge is 0.463 e. The number of thioether (sulfide) groups is 1. The molecule has 1 aliphatic heterocycles. The summed E-state index contributed by atoms with van der Waals surface area (Å²) in [7, 11) is 0. The smallest absolute Gasteiger partial charge is 0.338 e. The van der Waals surface area contributed by atoms with E-state index >= 15 is 0 Å². The third kappa shape index (κ3) is 3.91. The first-order valence-electron chi connectivity index (χ1n) is 7.57. The van der Waals surface area contributed by atoms with Gasteiger partial charge < -0.3 is 10.1 Å². The maximum absolute atomic E-state index is 12.3. The summed E-state index contributed by atoms with van der Waals surface area (Å²) in [4.78, 5) is 17.1. The lowest BCUT2D eigenvalue weighted by Gasteiger charge is -2.25. The Morgan fingerprint density at radius 3 is 2.68 bits per heavy atom. The molecule has 118 valence electrons. The lowest BCUT2D eigenvalue weighted by Crippen LogP contribution is -2.30. The van der Waals surface area contributed by atoms with E-state index in [4.69, 9.17) is 9.73 Å². The number of amidine groups is 1. The molecule has 1 heterocycles. The van der Waals surface area contributed by atoms with Crippen molar-refractivity contribution in [2.45, 2.75) is 33.2 Å². The number of rotatable bonds is 5. The number of carbonyl (C=O) groups excluding carboxylic acids is 1. The monoisotopic (exact) mass is 318 g/mol. The highest BCUT2D eigenvalue weighted by Crippen LogP contribution is 2.32. The molecule has 0 aromatic heterocycles. The van der Waals surface area contributed by atoms with Gasteiger partial charge in [-0.2, -0.15) is 0 Å². The molecule has 22 heavy (non-hydrogen) atoms. The van der Waals surface area contributed by atoms with Gasteiger partial charge >= 0.3 is 5.97 Å². The first kappa shape index (κ1) is 16.6. The van der Waals surface area contributed by atoms with E-state index < -0.39 is 0 Å². The van der Waals surface area contributed by atoms with Crippen LogP contribution in [0.2, 0.25) is 0 Å². The second kappa shape index (κ2) is 8.03. The van der Waals surface area contributed by atoms with Crippen molar-refractivity contribution in [3.05, 3.63) is 47.2 Å². The zero-order chi connectivity index (χ0) is 15.9. The number of benzene rings is 1. The summed E-state index contributed by atoms with van der Waals surface area (Å²) in [6, 6.07) is 9.57. The lowest BCUT2D eigenvalue weighted by molar-refractivity contribution is -0.138. The minimum absolute atomic E-state index is 0.301. The van der Waals surface area contributed by atoms with Gasteiger partial charge in [0.15, 0.2) is 5.17 Å². The molecule has 0 saturated carbocycles. The summed E-state index contributed by atoms with van der Waals surface area (Å²) in [5, 5.41) is 4.09. The molecule has 0 fully saturated rings. The standard InChI is InChI=1S/C17H22N2O2S/c1-4-11-22-17-18-12(3)14(16(20)21-5-2)15(19-17)13-9-7-6-8-10-13/h6-10,15H,4-5,11H2,1-3H3,(H,18,19)/t15-/m1/s1. The predicted octanol–water partition coefficient (Wildman–Crippen LogP) is 3.67. The van der Waals surface area contributed by atoms with Crippen molar-refractivity contribution in [3.63, 3.8) is 0 Å². The summed E-state index contributed by atoms with van der Waals surface area (Å²) in [6.45, 7) is 6.22. The third-order valence-corrected chi connectivity index (χ3v) is 4.37. The van der Waals surface area contributed by atoms with Crippen LogP contribution in [0.4, 0.5) is 0 Å². The van der Waals surface area contributed by atoms with Crippen LogP contribution in [-0.2, 0) is 9.53 Å². The topological polar surface area (TPSA) is 50.7 Å². The predicted molar refractivity (Wildman–Crippen MR) is 91.8 cm³/mol. The summed E-state index contributed by atoms with van der Waals surface area (Å²) >= 11 is 1.68. The van der Waals surface area contributed by atoms with Crippen LogP contribution in [0.3, 0.4) is 0 Å². The second-order valence-corrected chi connectivity index (χ2v) is 6.06. The molecule has 1 N–H and O–H groups in total. The molecule has 5 heteroatoms. The van der Waals surface area contributed by atoms with Crippen LogP contribution in [0.15, 0.2) is 46.6 Å². The van der Waals surface area contributed by atoms with Crippen molar-refractivity contribution in [1.29, 1.82) is 0 Å². The van der Waals surface area contributed by atoms with E-state index in [9.17, 15) is 4.79 Å². The summed E-state index contributed by atoms with van der Waals surface area (Å²) in [6.07, 6.45) is 1.08. The Hall–Kier alpha value is -1.75. The SMILES string of the molecule is CCCSC1=N[C@H](c2ccccc2)C(C(=O)OCC)=C(C)N1.